The molecule has 1 heterocycles. The third-order valence-corrected chi connectivity index (χ3v) is 3.96. The van der Waals surface area contributed by atoms with Crippen LogP contribution in [0.3, 0.4) is 0 Å². The highest BCUT2D eigenvalue weighted by molar-refractivity contribution is 5.71. The van der Waals surface area contributed by atoms with Crippen LogP contribution in [0.2, 0.25) is 0 Å². The Morgan fingerprint density at radius 3 is 2.57 bits per heavy atom. The highest BCUT2D eigenvalue weighted by Crippen LogP contribution is 2.42. The molecular weight excluding hydrogens is 276 g/mol. The molecule has 21 heavy (non-hydrogen) atoms. The molecule has 0 unspecified atom stereocenters. The van der Waals surface area contributed by atoms with Gasteiger partial charge in [0, 0.05) is 18.5 Å². The van der Waals surface area contributed by atoms with Crippen LogP contribution >= 0.6 is 0 Å². The van der Waals surface area contributed by atoms with Gasteiger partial charge in [-0.2, -0.15) is 5.10 Å². The van der Waals surface area contributed by atoms with Crippen LogP contribution in [-0.4, -0.2) is 31.3 Å². The molecule has 1 aliphatic rings. The zero-order valence-electron chi connectivity index (χ0n) is 12.4. The van der Waals surface area contributed by atoms with Crippen molar-refractivity contribution >= 4 is 17.5 Å². The van der Waals surface area contributed by atoms with Gasteiger partial charge >= 0.3 is 11.7 Å². The molecule has 1 aromatic heterocycles. The zero-order valence-corrected chi connectivity index (χ0v) is 12.4. The first kappa shape index (κ1) is 15.3. The maximum absolute atomic E-state index is 11.4. The van der Waals surface area contributed by atoms with E-state index in [1.54, 1.807) is 7.05 Å². The topological polar surface area (TPSA) is 110 Å². The fraction of sp³-hybridized carbons (Fsp3) is 0.692. The Morgan fingerprint density at radius 1 is 1.57 bits per heavy atom. The summed E-state index contributed by atoms with van der Waals surface area (Å²) in [7, 11) is 1.63. The molecule has 8 nitrogen and oxygen atoms in total. The normalized spacial score (nSPS) is 16.6. The second-order valence-corrected chi connectivity index (χ2v) is 5.95. The Labute approximate surface area is 122 Å². The number of rotatable bonds is 6. The second-order valence-electron chi connectivity index (χ2n) is 5.95. The summed E-state index contributed by atoms with van der Waals surface area (Å²) in [6.07, 6.45) is 2.26. The third-order valence-electron chi connectivity index (χ3n) is 3.96. The number of nitro groups is 1. The van der Waals surface area contributed by atoms with Crippen LogP contribution in [0.15, 0.2) is 0 Å². The van der Waals surface area contributed by atoms with E-state index in [0.29, 0.717) is 24.4 Å². The van der Waals surface area contributed by atoms with Gasteiger partial charge in [0.2, 0.25) is 5.82 Å². The number of carboxylic acid groups (broad SMARTS) is 1. The maximum atomic E-state index is 11.4. The quantitative estimate of drug-likeness (QED) is 0.615. The number of aliphatic carboxylic acids is 1. The zero-order chi connectivity index (χ0) is 15.8. The maximum Gasteiger partial charge on any atom is 0.334 e. The highest BCUT2D eigenvalue weighted by Gasteiger charge is 2.42. The van der Waals surface area contributed by atoms with E-state index in [9.17, 15) is 14.9 Å². The Hall–Kier alpha value is -2.12. The number of aryl methyl sites for hydroxylation is 1. The van der Waals surface area contributed by atoms with Crippen LogP contribution in [0.1, 0.15) is 51.1 Å². The fourth-order valence-corrected chi connectivity index (χ4v) is 2.73. The Kier molecular flexibility index (Phi) is 3.89. The number of hydrogen-bond donors (Lipinski definition) is 2. The van der Waals surface area contributed by atoms with Gasteiger partial charge in [0.25, 0.3) is 0 Å². The van der Waals surface area contributed by atoms with Gasteiger partial charge in [0.05, 0.1) is 11.3 Å². The molecule has 116 valence electrons. The molecule has 0 atom stereocenters. The summed E-state index contributed by atoms with van der Waals surface area (Å²) < 4.78 is 1.44. The average molecular weight is 296 g/mol. The molecule has 0 amide bonds. The lowest BCUT2D eigenvalue weighted by atomic mass is 9.74. The number of nitrogens with zero attached hydrogens (tertiary/aromatic N) is 3. The van der Waals surface area contributed by atoms with E-state index in [0.717, 1.165) is 6.42 Å². The fourth-order valence-electron chi connectivity index (χ4n) is 2.73. The van der Waals surface area contributed by atoms with E-state index in [4.69, 9.17) is 5.11 Å². The van der Waals surface area contributed by atoms with E-state index in [1.165, 1.54) is 4.68 Å². The predicted molar refractivity (Wildman–Crippen MR) is 76.4 cm³/mol. The van der Waals surface area contributed by atoms with E-state index in [1.807, 2.05) is 13.8 Å². The summed E-state index contributed by atoms with van der Waals surface area (Å²) in [6, 6.07) is 0. The molecule has 1 fully saturated rings. The van der Waals surface area contributed by atoms with E-state index >= 15 is 0 Å². The van der Waals surface area contributed by atoms with Gasteiger partial charge in [-0.15, -0.1) is 0 Å². The third kappa shape index (κ3) is 2.84. The molecule has 0 bridgehead atoms. The molecule has 0 aliphatic heterocycles. The van der Waals surface area contributed by atoms with Crippen molar-refractivity contribution in [3.63, 3.8) is 0 Å². The molecule has 0 saturated heterocycles. The molecule has 2 N–H and O–H groups in total. The first-order valence-corrected chi connectivity index (χ1v) is 6.97. The molecule has 8 heteroatoms. The lowest BCUT2D eigenvalue weighted by Crippen LogP contribution is -2.47. The molecule has 0 radical (unpaired) electrons. The van der Waals surface area contributed by atoms with Crippen LogP contribution in [0.5, 0.6) is 0 Å². The Bertz CT molecular complexity index is 575. The summed E-state index contributed by atoms with van der Waals surface area (Å²) >= 11 is 0. The van der Waals surface area contributed by atoms with Crippen molar-refractivity contribution in [3.05, 3.63) is 15.8 Å². The lowest BCUT2D eigenvalue weighted by Gasteiger charge is -2.41. The van der Waals surface area contributed by atoms with E-state index in [2.05, 4.69) is 10.4 Å². The molecule has 1 aromatic rings. The number of aromatic nitrogens is 2. The van der Waals surface area contributed by atoms with Gasteiger partial charge in [-0.3, -0.25) is 14.9 Å². The minimum atomic E-state index is -0.906. The molecule has 1 saturated carbocycles. The SMILES string of the molecule is CC(C)c1nn(C)c(NC2(CC(=O)O)CCC2)c1[N+](=O)[O-]. The van der Waals surface area contributed by atoms with Crippen molar-refractivity contribution < 1.29 is 14.8 Å². The summed E-state index contributed by atoms with van der Waals surface area (Å²) in [6.45, 7) is 3.69. The number of carbonyl (C=O) groups is 1. The van der Waals surface area contributed by atoms with Gasteiger partial charge in [-0.1, -0.05) is 13.8 Å². The summed E-state index contributed by atoms with van der Waals surface area (Å²) in [5, 5.41) is 27.7. The van der Waals surface area contributed by atoms with Gasteiger partial charge < -0.3 is 10.4 Å². The summed E-state index contributed by atoms with van der Waals surface area (Å²) in [5.41, 5.74) is -0.238. The monoisotopic (exact) mass is 296 g/mol. The van der Waals surface area contributed by atoms with Crippen LogP contribution in [0.4, 0.5) is 11.5 Å². The largest absolute Gasteiger partial charge is 0.481 e. The van der Waals surface area contributed by atoms with Crippen molar-refractivity contribution in [1.82, 2.24) is 9.78 Å². The standard InChI is InChI=1S/C13H20N4O4/c1-8(2)10-11(17(20)21)12(16(3)15-10)14-13(5-4-6-13)7-9(18)19/h8,14H,4-7H2,1-3H3,(H,18,19). The minimum Gasteiger partial charge on any atom is -0.481 e. The Morgan fingerprint density at radius 2 is 2.19 bits per heavy atom. The number of carboxylic acids is 1. The van der Waals surface area contributed by atoms with Crippen molar-refractivity contribution in [3.8, 4) is 0 Å². The summed E-state index contributed by atoms with van der Waals surface area (Å²) in [5.74, 6) is -0.690. The molecule has 0 spiro atoms. The molecule has 2 rings (SSSR count). The second kappa shape index (κ2) is 5.34. The van der Waals surface area contributed by atoms with Crippen molar-refractivity contribution in [2.45, 2.75) is 51.0 Å². The van der Waals surface area contributed by atoms with Gasteiger partial charge in [0.15, 0.2) is 0 Å². The summed E-state index contributed by atoms with van der Waals surface area (Å²) in [4.78, 5) is 21.9. The van der Waals surface area contributed by atoms with Gasteiger partial charge in [-0.05, 0) is 19.3 Å². The number of hydrogen-bond acceptors (Lipinski definition) is 5. The number of anilines is 1. The highest BCUT2D eigenvalue weighted by atomic mass is 16.6. The molecular formula is C13H20N4O4. The Balaban J connectivity index is 2.39. The average Bonchev–Trinajstić information content (AvgIpc) is 2.63. The predicted octanol–water partition coefficient (Wildman–Crippen LogP) is 2.26. The van der Waals surface area contributed by atoms with Crippen molar-refractivity contribution in [2.24, 2.45) is 7.05 Å². The smallest absolute Gasteiger partial charge is 0.334 e. The van der Waals surface area contributed by atoms with Crippen LogP contribution in [0.25, 0.3) is 0 Å². The first-order valence-electron chi connectivity index (χ1n) is 6.97. The molecule has 1 aliphatic carbocycles. The van der Waals surface area contributed by atoms with E-state index < -0.39 is 16.4 Å². The molecule has 0 aromatic carbocycles. The van der Waals surface area contributed by atoms with Crippen LogP contribution in [-0.2, 0) is 11.8 Å². The van der Waals surface area contributed by atoms with E-state index in [-0.39, 0.29) is 18.0 Å². The van der Waals surface area contributed by atoms with Gasteiger partial charge in [-0.25, -0.2) is 4.68 Å². The van der Waals surface area contributed by atoms with Crippen molar-refractivity contribution in [1.29, 1.82) is 0 Å². The first-order chi connectivity index (χ1) is 9.76. The van der Waals surface area contributed by atoms with Crippen LogP contribution < -0.4 is 5.32 Å². The number of nitrogens with one attached hydrogen (secondary N) is 1. The minimum absolute atomic E-state index is 0.0493. The van der Waals surface area contributed by atoms with Gasteiger partial charge in [0.1, 0.15) is 5.69 Å². The lowest BCUT2D eigenvalue weighted by molar-refractivity contribution is -0.384. The van der Waals surface area contributed by atoms with Crippen molar-refractivity contribution in [2.75, 3.05) is 5.32 Å². The van der Waals surface area contributed by atoms with Crippen LogP contribution in [0, 0.1) is 10.1 Å².